The normalized spacial score (nSPS) is 21.8. The number of allylic oxidation sites excluding steroid dienone is 5. The van der Waals surface area contributed by atoms with E-state index < -0.39 is 0 Å². The maximum absolute atomic E-state index is 3.94. The van der Waals surface area contributed by atoms with Crippen molar-refractivity contribution in [3.8, 4) is 0 Å². The Morgan fingerprint density at radius 1 is 1.31 bits per heavy atom. The zero-order valence-corrected chi connectivity index (χ0v) is 8.26. The molecule has 2 aliphatic carbocycles. The molecule has 2 aliphatic rings. The van der Waals surface area contributed by atoms with E-state index in [2.05, 4.69) is 24.8 Å². The van der Waals surface area contributed by atoms with Crippen LogP contribution in [0.1, 0.15) is 38.5 Å². The van der Waals surface area contributed by atoms with Gasteiger partial charge < -0.3 is 0 Å². The lowest BCUT2D eigenvalue weighted by Crippen LogP contribution is -1.88. The largest absolute Gasteiger partial charge is 0.0955 e. The van der Waals surface area contributed by atoms with Gasteiger partial charge in [-0.1, -0.05) is 55.2 Å². The molecule has 0 N–H and O–H groups in total. The molecule has 0 unspecified atom stereocenters. The summed E-state index contributed by atoms with van der Waals surface area (Å²) in [6.07, 6.45) is 14.9. The predicted molar refractivity (Wildman–Crippen MR) is 57.6 cm³/mol. The minimum Gasteiger partial charge on any atom is -0.0955 e. The fraction of sp³-hybridized carbons (Fsp3) is 0.538. The van der Waals surface area contributed by atoms with E-state index in [-0.39, 0.29) is 0 Å². The summed E-state index contributed by atoms with van der Waals surface area (Å²) in [5.41, 5.74) is 2.76. The van der Waals surface area contributed by atoms with Crippen LogP contribution in [-0.2, 0) is 0 Å². The van der Waals surface area contributed by atoms with E-state index in [1.807, 2.05) is 0 Å². The van der Waals surface area contributed by atoms with Gasteiger partial charge in [-0.3, -0.25) is 0 Å². The third-order valence-corrected chi connectivity index (χ3v) is 2.93. The second kappa shape index (κ2) is 3.95. The van der Waals surface area contributed by atoms with E-state index in [0.29, 0.717) is 0 Å². The third kappa shape index (κ3) is 2.87. The summed E-state index contributed by atoms with van der Waals surface area (Å²) in [4.78, 5) is 0. The van der Waals surface area contributed by atoms with Crippen molar-refractivity contribution in [3.05, 3.63) is 36.0 Å². The van der Waals surface area contributed by atoms with Gasteiger partial charge in [0.2, 0.25) is 0 Å². The first-order valence-corrected chi connectivity index (χ1v) is 5.39. The fourth-order valence-electron chi connectivity index (χ4n) is 1.81. The van der Waals surface area contributed by atoms with Gasteiger partial charge in [0, 0.05) is 0 Å². The average molecular weight is 174 g/mol. The molecule has 0 heterocycles. The SMILES string of the molecule is C=C1C=CC(CCCC2CC2)=CC1. The Morgan fingerprint density at radius 2 is 2.15 bits per heavy atom. The Balaban J connectivity index is 1.69. The van der Waals surface area contributed by atoms with Crippen LogP contribution < -0.4 is 0 Å². The van der Waals surface area contributed by atoms with Gasteiger partial charge in [-0.05, 0) is 25.2 Å². The van der Waals surface area contributed by atoms with Crippen molar-refractivity contribution in [2.75, 3.05) is 0 Å². The predicted octanol–water partition coefficient (Wildman–Crippen LogP) is 4.01. The van der Waals surface area contributed by atoms with Crippen LogP contribution in [0.2, 0.25) is 0 Å². The van der Waals surface area contributed by atoms with Gasteiger partial charge in [0.05, 0.1) is 0 Å². The molecular weight excluding hydrogens is 156 g/mol. The molecule has 0 nitrogen and oxygen atoms in total. The summed E-state index contributed by atoms with van der Waals surface area (Å²) < 4.78 is 0. The molecule has 1 fully saturated rings. The summed E-state index contributed by atoms with van der Waals surface area (Å²) in [7, 11) is 0. The second-order valence-electron chi connectivity index (χ2n) is 4.31. The van der Waals surface area contributed by atoms with Crippen LogP contribution in [0.15, 0.2) is 36.0 Å². The van der Waals surface area contributed by atoms with Gasteiger partial charge in [0.15, 0.2) is 0 Å². The van der Waals surface area contributed by atoms with E-state index in [9.17, 15) is 0 Å². The Morgan fingerprint density at radius 3 is 2.77 bits per heavy atom. The molecule has 70 valence electrons. The summed E-state index contributed by atoms with van der Waals surface area (Å²) in [6, 6.07) is 0. The summed E-state index contributed by atoms with van der Waals surface area (Å²) in [5.74, 6) is 1.09. The maximum atomic E-state index is 3.94. The van der Waals surface area contributed by atoms with Crippen molar-refractivity contribution in [2.45, 2.75) is 38.5 Å². The van der Waals surface area contributed by atoms with Crippen molar-refractivity contribution >= 4 is 0 Å². The van der Waals surface area contributed by atoms with Gasteiger partial charge in [0.1, 0.15) is 0 Å². The molecule has 0 atom stereocenters. The number of hydrogen-bond donors (Lipinski definition) is 0. The standard InChI is InChI=1S/C13H18/c1-11-5-7-12(8-6-11)3-2-4-13-9-10-13/h5,7-8,13H,1-4,6,9-10H2. The molecule has 0 radical (unpaired) electrons. The van der Waals surface area contributed by atoms with E-state index in [1.54, 1.807) is 0 Å². The van der Waals surface area contributed by atoms with Crippen molar-refractivity contribution in [2.24, 2.45) is 5.92 Å². The Bertz CT molecular complexity index is 251. The first-order chi connectivity index (χ1) is 6.34. The Hall–Kier alpha value is -0.780. The minimum absolute atomic E-state index is 1.06. The van der Waals surface area contributed by atoms with Gasteiger partial charge in [0.25, 0.3) is 0 Å². The van der Waals surface area contributed by atoms with Crippen LogP contribution in [0, 0.1) is 5.92 Å². The second-order valence-corrected chi connectivity index (χ2v) is 4.31. The molecule has 2 rings (SSSR count). The van der Waals surface area contributed by atoms with E-state index in [1.165, 1.54) is 43.3 Å². The number of rotatable bonds is 4. The van der Waals surface area contributed by atoms with Gasteiger partial charge in [-0.25, -0.2) is 0 Å². The molecular formula is C13H18. The highest BCUT2D eigenvalue weighted by Gasteiger charge is 2.20. The smallest absolute Gasteiger partial charge is 0.00975 e. The Labute approximate surface area is 81.0 Å². The lowest BCUT2D eigenvalue weighted by molar-refractivity contribution is 0.666. The third-order valence-electron chi connectivity index (χ3n) is 2.93. The minimum atomic E-state index is 1.06. The van der Waals surface area contributed by atoms with Gasteiger partial charge in [-0.2, -0.15) is 0 Å². The van der Waals surface area contributed by atoms with Crippen LogP contribution in [0.4, 0.5) is 0 Å². The zero-order valence-electron chi connectivity index (χ0n) is 8.26. The maximum Gasteiger partial charge on any atom is -0.00975 e. The number of hydrogen-bond acceptors (Lipinski definition) is 0. The van der Waals surface area contributed by atoms with Crippen molar-refractivity contribution in [3.63, 3.8) is 0 Å². The molecule has 0 aromatic heterocycles. The van der Waals surface area contributed by atoms with Crippen LogP contribution in [0.3, 0.4) is 0 Å². The summed E-state index contributed by atoms with van der Waals surface area (Å²) >= 11 is 0. The van der Waals surface area contributed by atoms with Gasteiger partial charge in [-0.15, -0.1) is 0 Å². The van der Waals surface area contributed by atoms with E-state index in [0.717, 1.165) is 12.3 Å². The molecule has 0 bridgehead atoms. The monoisotopic (exact) mass is 174 g/mol. The van der Waals surface area contributed by atoms with Crippen LogP contribution in [0.5, 0.6) is 0 Å². The van der Waals surface area contributed by atoms with E-state index >= 15 is 0 Å². The molecule has 0 aromatic rings. The average Bonchev–Trinajstić information content (AvgIpc) is 2.92. The zero-order chi connectivity index (χ0) is 9.10. The van der Waals surface area contributed by atoms with Crippen LogP contribution in [0.25, 0.3) is 0 Å². The lowest BCUT2D eigenvalue weighted by atomic mass is 9.99. The van der Waals surface area contributed by atoms with Crippen LogP contribution in [-0.4, -0.2) is 0 Å². The Kier molecular flexibility index (Phi) is 2.68. The molecule has 1 saturated carbocycles. The summed E-state index contributed by atoms with van der Waals surface area (Å²) in [5, 5.41) is 0. The lowest BCUT2D eigenvalue weighted by Gasteiger charge is -2.07. The molecule has 0 amide bonds. The quantitative estimate of drug-likeness (QED) is 0.604. The first-order valence-electron chi connectivity index (χ1n) is 5.39. The molecule has 0 aliphatic heterocycles. The van der Waals surface area contributed by atoms with Crippen molar-refractivity contribution < 1.29 is 0 Å². The fourth-order valence-corrected chi connectivity index (χ4v) is 1.81. The molecule has 13 heavy (non-hydrogen) atoms. The van der Waals surface area contributed by atoms with Gasteiger partial charge >= 0.3 is 0 Å². The highest BCUT2D eigenvalue weighted by molar-refractivity contribution is 5.33. The highest BCUT2D eigenvalue weighted by Crippen LogP contribution is 2.34. The summed E-state index contributed by atoms with van der Waals surface area (Å²) in [6.45, 7) is 3.94. The van der Waals surface area contributed by atoms with Crippen LogP contribution >= 0.6 is 0 Å². The first kappa shape index (κ1) is 8.80. The molecule has 0 saturated heterocycles. The van der Waals surface area contributed by atoms with E-state index in [4.69, 9.17) is 0 Å². The van der Waals surface area contributed by atoms with Crippen molar-refractivity contribution in [1.29, 1.82) is 0 Å². The highest BCUT2D eigenvalue weighted by atomic mass is 14.3. The molecule has 0 spiro atoms. The topological polar surface area (TPSA) is 0 Å². The van der Waals surface area contributed by atoms with Crippen molar-refractivity contribution in [1.82, 2.24) is 0 Å². The molecule has 0 aromatic carbocycles. The molecule has 0 heteroatoms.